The van der Waals surface area contributed by atoms with Crippen LogP contribution in [0.1, 0.15) is 12.1 Å². The summed E-state index contributed by atoms with van der Waals surface area (Å²) >= 11 is 0. The highest BCUT2D eigenvalue weighted by Crippen LogP contribution is 2.15. The molecule has 17 heavy (non-hydrogen) atoms. The number of hydrogen-bond acceptors (Lipinski definition) is 5. The molecule has 2 heterocycles. The molecular weight excluding hydrogens is 214 g/mol. The zero-order chi connectivity index (χ0) is 12.1. The number of anilines is 1. The van der Waals surface area contributed by atoms with Crippen molar-refractivity contribution in [3.05, 3.63) is 18.1 Å². The molecule has 2 N–H and O–H groups in total. The first kappa shape index (κ1) is 12.3. The van der Waals surface area contributed by atoms with Crippen molar-refractivity contribution in [3.8, 4) is 0 Å². The van der Waals surface area contributed by atoms with Gasteiger partial charge in [-0.1, -0.05) is 0 Å². The van der Waals surface area contributed by atoms with E-state index in [0.717, 1.165) is 57.2 Å². The molecular formula is C12H21N5. The second-order valence-electron chi connectivity index (χ2n) is 4.44. The summed E-state index contributed by atoms with van der Waals surface area (Å²) in [6.07, 6.45) is 4.68. The predicted molar refractivity (Wildman–Crippen MR) is 69.1 cm³/mol. The van der Waals surface area contributed by atoms with Crippen molar-refractivity contribution in [2.45, 2.75) is 13.3 Å². The molecule has 0 unspecified atom stereocenters. The number of aryl methyl sites for hydroxylation is 1. The molecule has 0 saturated carbocycles. The van der Waals surface area contributed by atoms with E-state index >= 15 is 0 Å². The lowest BCUT2D eigenvalue weighted by atomic mass is 10.3. The van der Waals surface area contributed by atoms with Crippen LogP contribution in [0.4, 0.5) is 5.82 Å². The van der Waals surface area contributed by atoms with Crippen molar-refractivity contribution in [2.24, 2.45) is 5.73 Å². The van der Waals surface area contributed by atoms with Gasteiger partial charge < -0.3 is 15.5 Å². The van der Waals surface area contributed by atoms with Crippen LogP contribution in [-0.4, -0.2) is 54.1 Å². The van der Waals surface area contributed by atoms with Crippen LogP contribution in [0.2, 0.25) is 0 Å². The lowest BCUT2D eigenvalue weighted by molar-refractivity contribution is 0.302. The molecule has 0 atom stereocenters. The largest absolute Gasteiger partial charge is 0.354 e. The molecule has 0 amide bonds. The Labute approximate surface area is 103 Å². The van der Waals surface area contributed by atoms with E-state index in [1.54, 1.807) is 12.4 Å². The highest BCUT2D eigenvalue weighted by Gasteiger charge is 2.16. The molecule has 94 valence electrons. The van der Waals surface area contributed by atoms with Crippen LogP contribution in [0.3, 0.4) is 0 Å². The third-order valence-corrected chi connectivity index (χ3v) is 3.19. The van der Waals surface area contributed by atoms with Crippen LogP contribution in [0, 0.1) is 6.92 Å². The Kier molecular flexibility index (Phi) is 4.28. The first-order valence-corrected chi connectivity index (χ1v) is 6.26. The Morgan fingerprint density at radius 3 is 2.76 bits per heavy atom. The molecule has 2 rings (SSSR count). The van der Waals surface area contributed by atoms with Gasteiger partial charge in [0.2, 0.25) is 0 Å². The number of nitrogens with zero attached hydrogens (tertiary/aromatic N) is 4. The lowest BCUT2D eigenvalue weighted by Crippen LogP contribution is -2.34. The van der Waals surface area contributed by atoms with Gasteiger partial charge in [-0.15, -0.1) is 0 Å². The predicted octanol–water partition coefficient (Wildman–Crippen LogP) is 0.256. The van der Waals surface area contributed by atoms with Gasteiger partial charge in [-0.2, -0.15) is 0 Å². The number of nitrogens with two attached hydrogens (primary N) is 1. The van der Waals surface area contributed by atoms with E-state index in [4.69, 9.17) is 5.73 Å². The van der Waals surface area contributed by atoms with Gasteiger partial charge in [0.25, 0.3) is 0 Å². The van der Waals surface area contributed by atoms with Crippen molar-refractivity contribution in [1.29, 1.82) is 0 Å². The van der Waals surface area contributed by atoms with Crippen molar-refractivity contribution < 1.29 is 0 Å². The van der Waals surface area contributed by atoms with Gasteiger partial charge in [0.1, 0.15) is 5.82 Å². The smallest absolute Gasteiger partial charge is 0.150 e. The molecule has 5 nitrogen and oxygen atoms in total. The number of rotatable bonds is 3. The van der Waals surface area contributed by atoms with E-state index in [1.165, 1.54) is 0 Å². The van der Waals surface area contributed by atoms with E-state index in [9.17, 15) is 0 Å². The monoisotopic (exact) mass is 235 g/mol. The zero-order valence-electron chi connectivity index (χ0n) is 10.5. The molecule has 0 bridgehead atoms. The van der Waals surface area contributed by atoms with Crippen molar-refractivity contribution in [1.82, 2.24) is 14.9 Å². The van der Waals surface area contributed by atoms with E-state index < -0.39 is 0 Å². The van der Waals surface area contributed by atoms with Crippen LogP contribution < -0.4 is 10.6 Å². The summed E-state index contributed by atoms with van der Waals surface area (Å²) in [7, 11) is 0. The summed E-state index contributed by atoms with van der Waals surface area (Å²) < 4.78 is 0. The van der Waals surface area contributed by atoms with Gasteiger partial charge >= 0.3 is 0 Å². The third kappa shape index (κ3) is 3.14. The molecule has 0 aliphatic carbocycles. The first-order valence-electron chi connectivity index (χ1n) is 6.26. The maximum absolute atomic E-state index is 5.60. The van der Waals surface area contributed by atoms with Gasteiger partial charge in [-0.25, -0.2) is 4.98 Å². The Bertz CT molecular complexity index is 355. The van der Waals surface area contributed by atoms with Crippen LogP contribution in [0.25, 0.3) is 0 Å². The summed E-state index contributed by atoms with van der Waals surface area (Å²) in [4.78, 5) is 13.5. The van der Waals surface area contributed by atoms with Crippen molar-refractivity contribution in [2.75, 3.05) is 44.2 Å². The van der Waals surface area contributed by atoms with Crippen LogP contribution >= 0.6 is 0 Å². The van der Waals surface area contributed by atoms with E-state index in [1.807, 2.05) is 6.92 Å². The number of aromatic nitrogens is 2. The van der Waals surface area contributed by atoms with Gasteiger partial charge in [0.05, 0.1) is 5.69 Å². The zero-order valence-corrected chi connectivity index (χ0v) is 10.5. The molecule has 5 heteroatoms. The Morgan fingerprint density at radius 1 is 1.18 bits per heavy atom. The standard InChI is InChI=1S/C12H21N5/c1-11-12(15-5-4-14-11)17-7-2-6-16(8-3-13)9-10-17/h4-5H,2-3,6-10,13H2,1H3. The molecule has 0 radical (unpaired) electrons. The van der Waals surface area contributed by atoms with Crippen molar-refractivity contribution >= 4 is 5.82 Å². The number of hydrogen-bond donors (Lipinski definition) is 1. The van der Waals surface area contributed by atoms with E-state index in [-0.39, 0.29) is 0 Å². The third-order valence-electron chi connectivity index (χ3n) is 3.19. The molecule has 1 fully saturated rings. The van der Waals surface area contributed by atoms with Gasteiger partial charge in [-0.3, -0.25) is 4.98 Å². The van der Waals surface area contributed by atoms with Gasteiger partial charge in [-0.05, 0) is 19.9 Å². The van der Waals surface area contributed by atoms with Crippen molar-refractivity contribution in [3.63, 3.8) is 0 Å². The summed E-state index contributed by atoms with van der Waals surface area (Å²) in [6, 6.07) is 0. The average Bonchev–Trinajstić information content (AvgIpc) is 2.56. The van der Waals surface area contributed by atoms with Crippen LogP contribution in [0.5, 0.6) is 0 Å². The SMILES string of the molecule is Cc1nccnc1N1CCCN(CCN)CC1. The molecule has 1 aromatic heterocycles. The molecule has 0 spiro atoms. The highest BCUT2D eigenvalue weighted by atomic mass is 15.3. The highest BCUT2D eigenvalue weighted by molar-refractivity contribution is 5.42. The maximum atomic E-state index is 5.60. The fraction of sp³-hybridized carbons (Fsp3) is 0.667. The molecule has 1 saturated heterocycles. The fourth-order valence-corrected chi connectivity index (χ4v) is 2.30. The topological polar surface area (TPSA) is 58.3 Å². The molecule has 1 aliphatic rings. The summed E-state index contributed by atoms with van der Waals surface area (Å²) in [5.41, 5.74) is 6.62. The summed E-state index contributed by atoms with van der Waals surface area (Å²) in [5.74, 6) is 1.03. The molecule has 0 aromatic carbocycles. The minimum Gasteiger partial charge on any atom is -0.354 e. The van der Waals surface area contributed by atoms with Gasteiger partial charge in [0, 0.05) is 45.1 Å². The molecule has 1 aliphatic heterocycles. The summed E-state index contributed by atoms with van der Waals surface area (Å²) in [5, 5.41) is 0. The average molecular weight is 235 g/mol. The second kappa shape index (κ2) is 5.93. The van der Waals surface area contributed by atoms with E-state index in [2.05, 4.69) is 19.8 Å². The first-order chi connectivity index (χ1) is 8.31. The van der Waals surface area contributed by atoms with E-state index in [0.29, 0.717) is 0 Å². The summed E-state index contributed by atoms with van der Waals surface area (Å²) in [6.45, 7) is 8.02. The quantitative estimate of drug-likeness (QED) is 0.814. The normalized spacial score (nSPS) is 18.1. The second-order valence-corrected chi connectivity index (χ2v) is 4.44. The lowest BCUT2D eigenvalue weighted by Gasteiger charge is -2.23. The minimum atomic E-state index is 0.740. The Balaban J connectivity index is 2.01. The molecule has 1 aromatic rings. The fourth-order valence-electron chi connectivity index (χ4n) is 2.30. The van der Waals surface area contributed by atoms with Crippen LogP contribution in [0.15, 0.2) is 12.4 Å². The Morgan fingerprint density at radius 2 is 2.00 bits per heavy atom. The Hall–Kier alpha value is -1.20. The maximum Gasteiger partial charge on any atom is 0.150 e. The minimum absolute atomic E-state index is 0.740. The van der Waals surface area contributed by atoms with Gasteiger partial charge in [0.15, 0.2) is 0 Å². The van der Waals surface area contributed by atoms with Crippen LogP contribution in [-0.2, 0) is 0 Å².